The first kappa shape index (κ1) is 15.7. The zero-order valence-electron chi connectivity index (χ0n) is 4.89. The van der Waals surface area contributed by atoms with Gasteiger partial charge in [0.25, 0.3) is 0 Å². The van der Waals surface area contributed by atoms with E-state index in [-0.39, 0.29) is 30.6 Å². The van der Waals surface area contributed by atoms with Crippen molar-refractivity contribution in [1.82, 2.24) is 0 Å². The van der Waals surface area contributed by atoms with Crippen LogP contribution in [0.3, 0.4) is 0 Å². The molecule has 0 spiro atoms. The summed E-state index contributed by atoms with van der Waals surface area (Å²) in [6.45, 7) is 3.62. The molecule has 0 aliphatic carbocycles. The molecule has 0 aromatic heterocycles. The average Bonchev–Trinajstić information content (AvgIpc) is 1.36. The van der Waals surface area contributed by atoms with Crippen LogP contribution in [0.1, 0.15) is 13.8 Å². The van der Waals surface area contributed by atoms with Gasteiger partial charge in [-0.3, -0.25) is 5.41 Å². The van der Waals surface area contributed by atoms with Crippen molar-refractivity contribution < 1.29 is 0 Å². The summed E-state index contributed by atoms with van der Waals surface area (Å²) in [6, 6.07) is 0. The zero-order valence-corrected chi connectivity index (χ0v) is 6.53. The van der Waals surface area contributed by atoms with E-state index in [1.165, 1.54) is 0 Å². The van der Waals surface area contributed by atoms with Crippen LogP contribution in [0.15, 0.2) is 0 Å². The molecule has 8 heavy (non-hydrogen) atoms. The average molecular weight is 158 g/mol. The summed E-state index contributed by atoms with van der Waals surface area (Å²) in [4.78, 5) is 0. The Kier molecular flexibility index (Phi) is 13.8. The summed E-state index contributed by atoms with van der Waals surface area (Å²) >= 11 is 0. The molecular weight excluding hydrogens is 147 g/mol. The molecular formula is C4H11Cl2N2. The molecule has 0 rings (SSSR count). The van der Waals surface area contributed by atoms with Crippen molar-refractivity contribution in [1.29, 1.82) is 5.41 Å². The molecule has 0 aliphatic heterocycles. The van der Waals surface area contributed by atoms with Gasteiger partial charge in [-0.25, -0.2) is 0 Å². The fraction of sp³-hybridized carbons (Fsp3) is 0.500. The van der Waals surface area contributed by atoms with E-state index in [1.54, 1.807) is 0 Å². The van der Waals surface area contributed by atoms with E-state index in [2.05, 4.69) is 0 Å². The second kappa shape index (κ2) is 7.05. The van der Waals surface area contributed by atoms with Crippen LogP contribution in [0.5, 0.6) is 0 Å². The molecule has 0 saturated carbocycles. The second-order valence-electron chi connectivity index (χ2n) is 1.41. The van der Waals surface area contributed by atoms with E-state index in [9.17, 15) is 0 Å². The van der Waals surface area contributed by atoms with Crippen LogP contribution < -0.4 is 5.73 Å². The summed E-state index contributed by atoms with van der Waals surface area (Å²) < 4.78 is 0. The number of nitrogens with two attached hydrogens (primary N) is 1. The van der Waals surface area contributed by atoms with Gasteiger partial charge in [0.1, 0.15) is 0 Å². The maximum absolute atomic E-state index is 6.69. The predicted molar refractivity (Wildman–Crippen MR) is 41.0 cm³/mol. The molecule has 0 saturated heterocycles. The van der Waals surface area contributed by atoms with Gasteiger partial charge >= 0.3 is 0 Å². The van der Waals surface area contributed by atoms with Crippen molar-refractivity contribution in [3.05, 3.63) is 5.92 Å². The fourth-order valence-electron chi connectivity index (χ4n) is 0. The molecule has 0 atom stereocenters. The Morgan fingerprint density at radius 2 is 1.38 bits per heavy atom. The Hall–Kier alpha value is 0.0500. The molecule has 0 heterocycles. The van der Waals surface area contributed by atoms with Crippen LogP contribution in [0.2, 0.25) is 0 Å². The Labute approximate surface area is 62.2 Å². The minimum absolute atomic E-state index is 0. The number of halogens is 2. The van der Waals surface area contributed by atoms with Crippen LogP contribution in [0, 0.1) is 11.3 Å². The lowest BCUT2D eigenvalue weighted by Crippen LogP contribution is -2.14. The molecule has 2 nitrogen and oxygen atoms in total. The van der Waals surface area contributed by atoms with E-state index < -0.39 is 0 Å². The van der Waals surface area contributed by atoms with Crippen molar-refractivity contribution in [3.8, 4) is 0 Å². The highest BCUT2D eigenvalue weighted by Crippen LogP contribution is 1.88. The Bertz CT molecular complexity index is 63.1. The minimum Gasteiger partial charge on any atom is -0.387 e. The number of amidine groups is 1. The van der Waals surface area contributed by atoms with Gasteiger partial charge in [-0.1, -0.05) is 13.8 Å². The van der Waals surface area contributed by atoms with Gasteiger partial charge in [-0.2, -0.15) is 0 Å². The molecule has 0 amide bonds. The molecule has 1 radical (unpaired) electrons. The first-order valence-corrected chi connectivity index (χ1v) is 1.79. The summed E-state index contributed by atoms with van der Waals surface area (Å²) in [5, 5.41) is 6.69. The Morgan fingerprint density at radius 3 is 1.38 bits per heavy atom. The highest BCUT2D eigenvalue weighted by molar-refractivity contribution is 5.89. The lowest BCUT2D eigenvalue weighted by Gasteiger charge is -1.94. The number of hydrogen-bond acceptors (Lipinski definition) is 1. The second-order valence-corrected chi connectivity index (χ2v) is 1.41. The monoisotopic (exact) mass is 157 g/mol. The number of rotatable bonds is 1. The van der Waals surface area contributed by atoms with Crippen molar-refractivity contribution >= 4 is 30.6 Å². The highest BCUT2D eigenvalue weighted by Gasteiger charge is 1.92. The normalized spacial score (nSPS) is 6.88. The van der Waals surface area contributed by atoms with E-state index in [4.69, 9.17) is 11.1 Å². The standard InChI is InChI=1S/C4H9N2.2ClH/c1-3(2)4(5)6;;/h1-2H3,(H3,5,6);2*1H. The fourth-order valence-corrected chi connectivity index (χ4v) is 0. The molecule has 0 aromatic rings. The van der Waals surface area contributed by atoms with Crippen LogP contribution >= 0.6 is 24.8 Å². The lowest BCUT2D eigenvalue weighted by molar-refractivity contribution is 1.20. The van der Waals surface area contributed by atoms with Crippen molar-refractivity contribution in [2.24, 2.45) is 5.73 Å². The maximum atomic E-state index is 6.69. The number of nitrogens with one attached hydrogen (secondary N) is 1. The third-order valence-corrected chi connectivity index (χ3v) is 0.539. The summed E-state index contributed by atoms with van der Waals surface area (Å²) in [7, 11) is 0. The van der Waals surface area contributed by atoms with Gasteiger partial charge in [0.05, 0.1) is 5.84 Å². The smallest absolute Gasteiger partial charge is 0.0973 e. The summed E-state index contributed by atoms with van der Waals surface area (Å²) in [5.41, 5.74) is 4.98. The SMILES string of the molecule is C[C](C)C(=N)N.Cl.Cl. The van der Waals surface area contributed by atoms with Gasteiger partial charge in [-0.05, 0) is 0 Å². The largest absolute Gasteiger partial charge is 0.387 e. The molecule has 0 fully saturated rings. The van der Waals surface area contributed by atoms with Gasteiger partial charge in [0, 0.05) is 5.92 Å². The van der Waals surface area contributed by atoms with E-state index in [0.29, 0.717) is 0 Å². The molecule has 51 valence electrons. The first-order chi connectivity index (χ1) is 2.64. The van der Waals surface area contributed by atoms with Crippen molar-refractivity contribution in [2.75, 3.05) is 0 Å². The molecule has 0 unspecified atom stereocenters. The lowest BCUT2D eigenvalue weighted by atomic mass is 10.2. The van der Waals surface area contributed by atoms with Gasteiger partial charge < -0.3 is 5.73 Å². The number of hydrogen-bond donors (Lipinski definition) is 2. The molecule has 0 bridgehead atoms. The van der Waals surface area contributed by atoms with Gasteiger partial charge in [-0.15, -0.1) is 24.8 Å². The molecule has 0 aromatic carbocycles. The van der Waals surface area contributed by atoms with Crippen LogP contribution in [0.4, 0.5) is 0 Å². The van der Waals surface area contributed by atoms with E-state index >= 15 is 0 Å². The Morgan fingerprint density at radius 1 is 1.25 bits per heavy atom. The predicted octanol–water partition coefficient (Wildman–Crippen LogP) is 1.38. The molecule has 4 heteroatoms. The van der Waals surface area contributed by atoms with E-state index in [0.717, 1.165) is 5.92 Å². The maximum Gasteiger partial charge on any atom is 0.0973 e. The summed E-state index contributed by atoms with van der Waals surface area (Å²) in [6.07, 6.45) is 0. The highest BCUT2D eigenvalue weighted by atomic mass is 35.5. The zero-order chi connectivity index (χ0) is 5.15. The third kappa shape index (κ3) is 9.41. The Balaban J connectivity index is -0.000000125. The van der Waals surface area contributed by atoms with Crippen molar-refractivity contribution in [3.63, 3.8) is 0 Å². The minimum atomic E-state index is 0. The topological polar surface area (TPSA) is 49.9 Å². The quantitative estimate of drug-likeness (QED) is 0.439. The third-order valence-electron chi connectivity index (χ3n) is 0.539. The van der Waals surface area contributed by atoms with Gasteiger partial charge in [0.2, 0.25) is 0 Å². The van der Waals surface area contributed by atoms with E-state index in [1.807, 2.05) is 13.8 Å². The molecule has 0 aliphatic rings. The van der Waals surface area contributed by atoms with Crippen LogP contribution in [-0.2, 0) is 0 Å². The van der Waals surface area contributed by atoms with Gasteiger partial charge in [0.15, 0.2) is 0 Å². The van der Waals surface area contributed by atoms with Crippen LogP contribution in [0.25, 0.3) is 0 Å². The summed E-state index contributed by atoms with van der Waals surface area (Å²) in [5.74, 6) is 1.05. The van der Waals surface area contributed by atoms with Crippen LogP contribution in [-0.4, -0.2) is 5.84 Å². The first-order valence-electron chi connectivity index (χ1n) is 1.79. The molecule has 3 N–H and O–H groups in total. The van der Waals surface area contributed by atoms with Crippen molar-refractivity contribution in [2.45, 2.75) is 13.8 Å².